The highest BCUT2D eigenvalue weighted by Crippen LogP contribution is 2.49. The second-order valence-electron chi connectivity index (χ2n) is 16.5. The minimum absolute atomic E-state index is 0.0157. The van der Waals surface area contributed by atoms with Crippen molar-refractivity contribution in [2.45, 2.75) is 46.2 Å². The molecule has 0 unspecified atom stereocenters. The average Bonchev–Trinajstić information content (AvgIpc) is 4.05. The molecule has 8 aromatic rings. The number of aryl methyl sites for hydroxylation is 2. The number of hydrogen-bond acceptors (Lipinski definition) is 4. The van der Waals surface area contributed by atoms with Gasteiger partial charge >= 0.3 is 0 Å². The SMILES string of the molecule is CC[n+]1c(/C=C/C=C/C=C2/N(C)c3ccccc3C2(C)C)[nH]c2ccccc21.CC[n+]1c(C=CC=CC=C2N(c3ccccc3)c3ccccc3N2c2ccccc2)sc2ccccc21. The molecular weight excluding hydrogens is 813 g/mol. The maximum atomic E-state index is 3.50. The Morgan fingerprint density at radius 2 is 1.08 bits per heavy atom. The van der Waals surface area contributed by atoms with E-state index in [0.29, 0.717) is 0 Å². The fourth-order valence-electron chi connectivity index (χ4n) is 9.16. The van der Waals surface area contributed by atoms with Crippen molar-refractivity contribution in [1.82, 2.24) is 4.98 Å². The largest absolute Gasteiger partial charge is 0.347 e. The first kappa shape index (κ1) is 42.8. The van der Waals surface area contributed by atoms with E-state index < -0.39 is 0 Å². The number of imidazole rings is 1. The molecule has 322 valence electrons. The maximum Gasteiger partial charge on any atom is 0.280 e. The van der Waals surface area contributed by atoms with Gasteiger partial charge in [-0.3, -0.25) is 9.80 Å². The smallest absolute Gasteiger partial charge is 0.280 e. The molecule has 65 heavy (non-hydrogen) atoms. The number of anilines is 5. The molecule has 0 aliphatic carbocycles. The van der Waals surface area contributed by atoms with Crippen LogP contribution < -0.4 is 23.8 Å². The Hall–Kier alpha value is -7.48. The second-order valence-corrected chi connectivity index (χ2v) is 17.6. The summed E-state index contributed by atoms with van der Waals surface area (Å²) in [5, 5.41) is 1.26. The van der Waals surface area contributed by atoms with E-state index in [2.05, 4.69) is 282 Å². The van der Waals surface area contributed by atoms with E-state index in [0.717, 1.165) is 36.1 Å². The molecule has 1 N–H and O–H groups in total. The van der Waals surface area contributed by atoms with Crippen LogP contribution in [0.5, 0.6) is 0 Å². The third kappa shape index (κ3) is 8.51. The summed E-state index contributed by atoms with van der Waals surface area (Å²) in [6.07, 6.45) is 21.5. The molecule has 4 heterocycles. The topological polar surface area (TPSA) is 33.3 Å². The van der Waals surface area contributed by atoms with Gasteiger partial charge in [-0.1, -0.05) is 153 Å². The number of rotatable bonds is 10. The van der Waals surface area contributed by atoms with Gasteiger partial charge in [-0.2, -0.15) is 4.57 Å². The molecule has 0 radical (unpaired) electrons. The van der Waals surface area contributed by atoms with E-state index in [1.807, 2.05) is 11.3 Å². The van der Waals surface area contributed by atoms with Crippen molar-refractivity contribution in [3.05, 3.63) is 234 Å². The molecule has 0 saturated carbocycles. The molecule has 0 saturated heterocycles. The highest BCUT2D eigenvalue weighted by molar-refractivity contribution is 7.18. The standard InChI is InChI=1S/C33H28N3S.C25H27N3/c1-2-34-30-22-14-15-23-31(30)37-33(34)25-11-5-10-24-32-35(26-16-6-3-7-17-26)28-20-12-13-21-29(28)36(32)27-18-8-4-9-19-27;1-5-28-22-16-12-10-14-20(22)26-24(28)18-8-6-7-17-23-25(2,3)19-13-9-11-15-21(19)27(23)4/h3-25H,2H2,1H3;6-18H,5H2,1-4H3/q+1;/p+1/b;7-6+,18-8+,23-17+. The number of thiazole rings is 1. The Bertz CT molecular complexity index is 3060. The van der Waals surface area contributed by atoms with Crippen molar-refractivity contribution in [3.8, 4) is 0 Å². The highest BCUT2D eigenvalue weighted by atomic mass is 32.1. The summed E-state index contributed by atoms with van der Waals surface area (Å²) in [7, 11) is 2.15. The van der Waals surface area contributed by atoms with E-state index in [9.17, 15) is 0 Å². The number of hydrogen-bond donors (Lipinski definition) is 1. The van der Waals surface area contributed by atoms with E-state index in [-0.39, 0.29) is 5.41 Å². The van der Waals surface area contributed by atoms with Gasteiger partial charge in [0.25, 0.3) is 10.8 Å². The highest BCUT2D eigenvalue weighted by Gasteiger charge is 2.37. The fourth-order valence-corrected chi connectivity index (χ4v) is 10.3. The van der Waals surface area contributed by atoms with Gasteiger partial charge in [0.2, 0.25) is 5.52 Å². The van der Waals surface area contributed by atoms with Crippen LogP contribution in [-0.2, 0) is 18.5 Å². The van der Waals surface area contributed by atoms with Crippen molar-refractivity contribution in [2.24, 2.45) is 0 Å². The molecule has 2 aliphatic heterocycles. The lowest BCUT2D eigenvalue weighted by molar-refractivity contribution is -0.669. The van der Waals surface area contributed by atoms with E-state index >= 15 is 0 Å². The molecule has 10 rings (SSSR count). The van der Waals surface area contributed by atoms with Crippen LogP contribution in [0.3, 0.4) is 0 Å². The monoisotopic (exact) mass is 868 g/mol. The molecule has 2 aromatic heterocycles. The number of H-pyrrole nitrogens is 1. The summed E-state index contributed by atoms with van der Waals surface area (Å²) in [4.78, 5) is 10.4. The first-order valence-corrected chi connectivity index (χ1v) is 23.4. The number of fused-ring (bicyclic) bond motifs is 4. The molecular formula is C58H56N6S+2. The molecule has 0 spiro atoms. The van der Waals surface area contributed by atoms with Crippen LogP contribution in [0.4, 0.5) is 28.4 Å². The molecule has 0 fully saturated rings. The van der Waals surface area contributed by atoms with Crippen LogP contribution in [0.25, 0.3) is 33.4 Å². The maximum absolute atomic E-state index is 3.50. The van der Waals surface area contributed by atoms with Gasteiger partial charge in [-0.25, -0.2) is 9.55 Å². The Labute approximate surface area is 387 Å². The van der Waals surface area contributed by atoms with Gasteiger partial charge in [-0.15, -0.1) is 0 Å². The van der Waals surface area contributed by atoms with Gasteiger partial charge in [0, 0.05) is 53.4 Å². The van der Waals surface area contributed by atoms with Gasteiger partial charge in [0.05, 0.1) is 17.9 Å². The van der Waals surface area contributed by atoms with E-state index in [4.69, 9.17) is 0 Å². The Balaban J connectivity index is 0.000000171. The van der Waals surface area contributed by atoms with Crippen LogP contribution in [-0.4, -0.2) is 12.0 Å². The molecule has 0 amide bonds. The zero-order valence-electron chi connectivity index (χ0n) is 37.8. The third-order valence-electron chi connectivity index (χ3n) is 12.2. The number of likely N-dealkylation sites (N-methyl/N-ethyl adjacent to an activating group) is 1. The lowest BCUT2D eigenvalue weighted by Gasteiger charge is -2.25. The summed E-state index contributed by atoms with van der Waals surface area (Å²) in [5.74, 6) is 2.21. The average molecular weight is 869 g/mol. The molecule has 6 nitrogen and oxygen atoms in total. The first-order chi connectivity index (χ1) is 31.9. The molecule has 0 bridgehead atoms. The zero-order valence-corrected chi connectivity index (χ0v) is 38.7. The number of nitrogens with one attached hydrogen (secondary N) is 1. The van der Waals surface area contributed by atoms with Crippen LogP contribution in [0.15, 0.2) is 218 Å². The summed E-state index contributed by atoms with van der Waals surface area (Å²) < 4.78 is 5.98. The number of aromatic nitrogens is 3. The summed E-state index contributed by atoms with van der Waals surface area (Å²) >= 11 is 1.83. The number of benzene rings is 6. The van der Waals surface area contributed by atoms with Crippen molar-refractivity contribution in [1.29, 1.82) is 0 Å². The second kappa shape index (κ2) is 19.1. The van der Waals surface area contributed by atoms with E-state index in [1.165, 1.54) is 54.6 Å². The van der Waals surface area contributed by atoms with Crippen LogP contribution in [0, 0.1) is 0 Å². The van der Waals surface area contributed by atoms with Crippen LogP contribution in [0.2, 0.25) is 0 Å². The van der Waals surface area contributed by atoms with Crippen molar-refractivity contribution < 1.29 is 9.13 Å². The quantitative estimate of drug-likeness (QED) is 0.110. The predicted octanol–water partition coefficient (Wildman–Crippen LogP) is 14.0. The molecule has 2 aliphatic rings. The minimum atomic E-state index is 0.0157. The number of nitrogens with zero attached hydrogens (tertiary/aromatic N) is 5. The number of aromatic amines is 1. The minimum Gasteiger partial charge on any atom is -0.347 e. The van der Waals surface area contributed by atoms with Gasteiger partial charge in [-0.05, 0) is 92.2 Å². The first-order valence-electron chi connectivity index (χ1n) is 22.5. The van der Waals surface area contributed by atoms with Crippen molar-refractivity contribution in [3.63, 3.8) is 0 Å². The van der Waals surface area contributed by atoms with E-state index in [1.54, 1.807) is 0 Å². The Morgan fingerprint density at radius 1 is 0.538 bits per heavy atom. The Kier molecular flexibility index (Phi) is 12.6. The summed E-state index contributed by atoms with van der Waals surface area (Å²) in [6.45, 7) is 10.8. The number of allylic oxidation sites excluding steroid dienone is 9. The van der Waals surface area contributed by atoms with Crippen LogP contribution >= 0.6 is 11.3 Å². The zero-order chi connectivity index (χ0) is 44.8. The van der Waals surface area contributed by atoms with Crippen molar-refractivity contribution in [2.75, 3.05) is 21.7 Å². The van der Waals surface area contributed by atoms with Crippen LogP contribution in [0.1, 0.15) is 44.1 Å². The number of para-hydroxylation sites is 8. The Morgan fingerprint density at radius 3 is 1.72 bits per heavy atom. The van der Waals surface area contributed by atoms with Gasteiger partial charge in [0.15, 0.2) is 11.0 Å². The normalized spacial score (nSPS) is 15.1. The predicted molar refractivity (Wildman–Crippen MR) is 276 cm³/mol. The molecule has 0 atom stereocenters. The molecule has 7 heteroatoms. The third-order valence-corrected chi connectivity index (χ3v) is 13.4. The van der Waals surface area contributed by atoms with Crippen molar-refractivity contribution >= 4 is 73.2 Å². The summed E-state index contributed by atoms with van der Waals surface area (Å²) in [6, 6.07) is 55.4. The summed E-state index contributed by atoms with van der Waals surface area (Å²) in [5.41, 5.74) is 12.3. The van der Waals surface area contributed by atoms with Gasteiger partial charge in [0.1, 0.15) is 17.1 Å². The van der Waals surface area contributed by atoms with Gasteiger partial charge < -0.3 is 4.90 Å². The lowest BCUT2D eigenvalue weighted by atomic mass is 9.84. The fraction of sp³-hybridized carbons (Fsp3) is 0.138. The lowest BCUT2D eigenvalue weighted by Crippen LogP contribution is -2.34. The molecule has 6 aromatic carbocycles.